The largest absolute Gasteiger partial charge is 0.378 e. The van der Waals surface area contributed by atoms with E-state index in [0.717, 1.165) is 25.3 Å². The van der Waals surface area contributed by atoms with Gasteiger partial charge in [0, 0.05) is 25.3 Å². The topological polar surface area (TPSA) is 73.9 Å². The van der Waals surface area contributed by atoms with Crippen LogP contribution in [0.15, 0.2) is 29.3 Å². The van der Waals surface area contributed by atoms with Gasteiger partial charge in [0.1, 0.15) is 10.8 Å². The molecular formula is C13H13Cl2N5O. The summed E-state index contributed by atoms with van der Waals surface area (Å²) in [5.41, 5.74) is 0.142. The molecule has 1 atom stereocenters. The van der Waals surface area contributed by atoms with Crippen LogP contribution in [-0.4, -0.2) is 34.3 Å². The molecule has 2 aromatic rings. The number of nitrogens with one attached hydrogen (secondary N) is 2. The van der Waals surface area contributed by atoms with Crippen LogP contribution < -0.4 is 15.8 Å². The third-order valence-electron chi connectivity index (χ3n) is 3.38. The maximum atomic E-state index is 11.4. The minimum absolute atomic E-state index is 0.124. The van der Waals surface area contributed by atoms with Crippen LogP contribution in [0.4, 0.5) is 11.5 Å². The van der Waals surface area contributed by atoms with Gasteiger partial charge in [-0.1, -0.05) is 23.2 Å². The van der Waals surface area contributed by atoms with E-state index in [9.17, 15) is 4.79 Å². The summed E-state index contributed by atoms with van der Waals surface area (Å²) in [6.07, 6.45) is 4.13. The number of pyridine rings is 1. The summed E-state index contributed by atoms with van der Waals surface area (Å²) in [5.74, 6) is 0.776. The number of halogens is 2. The summed E-state index contributed by atoms with van der Waals surface area (Å²) >= 11 is 12.1. The van der Waals surface area contributed by atoms with Crippen LogP contribution in [-0.2, 0) is 0 Å². The van der Waals surface area contributed by atoms with Crippen molar-refractivity contribution in [3.63, 3.8) is 0 Å². The smallest absolute Gasteiger partial charge is 0.285 e. The van der Waals surface area contributed by atoms with Crippen molar-refractivity contribution in [1.29, 1.82) is 0 Å². The molecular weight excluding hydrogens is 313 g/mol. The van der Waals surface area contributed by atoms with E-state index in [4.69, 9.17) is 23.2 Å². The van der Waals surface area contributed by atoms with Gasteiger partial charge >= 0.3 is 0 Å². The highest BCUT2D eigenvalue weighted by Gasteiger charge is 2.25. The Bertz CT molecular complexity index is 705. The molecule has 8 heteroatoms. The molecule has 0 spiro atoms. The van der Waals surface area contributed by atoms with Crippen LogP contribution in [0.25, 0.3) is 0 Å². The van der Waals surface area contributed by atoms with Crippen LogP contribution in [0, 0.1) is 0 Å². The van der Waals surface area contributed by atoms with E-state index in [0.29, 0.717) is 10.7 Å². The summed E-state index contributed by atoms with van der Waals surface area (Å²) in [5, 5.41) is 10.0. The lowest BCUT2D eigenvalue weighted by Crippen LogP contribution is -2.27. The molecule has 2 N–H and O–H groups in total. The summed E-state index contributed by atoms with van der Waals surface area (Å²) in [7, 11) is 0. The molecule has 1 fully saturated rings. The van der Waals surface area contributed by atoms with Gasteiger partial charge in [-0.25, -0.2) is 10.1 Å². The van der Waals surface area contributed by atoms with Crippen molar-refractivity contribution in [2.24, 2.45) is 0 Å². The first-order valence-corrected chi connectivity index (χ1v) is 7.26. The number of aromatic nitrogens is 3. The van der Waals surface area contributed by atoms with Gasteiger partial charge < -0.3 is 10.2 Å². The Labute approximate surface area is 131 Å². The van der Waals surface area contributed by atoms with E-state index in [1.165, 1.54) is 6.20 Å². The normalized spacial score (nSPS) is 18.0. The Morgan fingerprint density at radius 2 is 2.29 bits per heavy atom. The third kappa shape index (κ3) is 2.96. The zero-order valence-corrected chi connectivity index (χ0v) is 12.5. The lowest BCUT2D eigenvalue weighted by Gasteiger charge is -2.19. The van der Waals surface area contributed by atoms with Gasteiger partial charge in [0.2, 0.25) is 0 Å². The van der Waals surface area contributed by atoms with Crippen LogP contribution in [0.2, 0.25) is 10.0 Å². The number of nitrogens with zero attached hydrogens (tertiary/aromatic N) is 3. The fourth-order valence-electron chi connectivity index (χ4n) is 2.38. The second-order valence-corrected chi connectivity index (χ2v) is 5.60. The second-order valence-electron chi connectivity index (χ2n) is 4.81. The van der Waals surface area contributed by atoms with Gasteiger partial charge in [0.05, 0.1) is 16.9 Å². The Morgan fingerprint density at radius 1 is 1.43 bits per heavy atom. The summed E-state index contributed by atoms with van der Waals surface area (Å²) < 4.78 is 0. The molecule has 0 amide bonds. The number of hydrogen-bond acceptors (Lipinski definition) is 5. The zero-order valence-electron chi connectivity index (χ0n) is 11.0. The first kappa shape index (κ1) is 14.2. The molecule has 0 bridgehead atoms. The van der Waals surface area contributed by atoms with Gasteiger partial charge in [0.25, 0.3) is 5.56 Å². The molecule has 0 unspecified atom stereocenters. The Kier molecular flexibility index (Phi) is 3.98. The van der Waals surface area contributed by atoms with Crippen molar-refractivity contribution in [2.75, 3.05) is 23.3 Å². The molecule has 6 nitrogen and oxygen atoms in total. The maximum Gasteiger partial charge on any atom is 0.285 e. The Morgan fingerprint density at radius 3 is 3.10 bits per heavy atom. The average molecular weight is 326 g/mol. The Balaban J connectivity index is 1.72. The monoisotopic (exact) mass is 325 g/mol. The molecule has 1 aliphatic heterocycles. The SMILES string of the molecule is O=c1[nH]ncc(N[C@@H]2CCN(c3ncccc3Cl)C2)c1Cl. The van der Waals surface area contributed by atoms with Crippen LogP contribution in [0.5, 0.6) is 0 Å². The molecule has 0 radical (unpaired) electrons. The first-order valence-electron chi connectivity index (χ1n) is 6.50. The lowest BCUT2D eigenvalue weighted by atomic mass is 10.2. The molecule has 1 saturated heterocycles. The molecule has 110 valence electrons. The molecule has 1 aliphatic rings. The van der Waals surface area contributed by atoms with E-state index >= 15 is 0 Å². The first-order chi connectivity index (χ1) is 10.1. The van der Waals surface area contributed by atoms with E-state index in [1.54, 1.807) is 12.3 Å². The molecule has 21 heavy (non-hydrogen) atoms. The number of hydrogen-bond donors (Lipinski definition) is 2. The minimum atomic E-state index is -0.399. The molecule has 2 aromatic heterocycles. The molecule has 0 saturated carbocycles. The van der Waals surface area contributed by atoms with Crippen molar-refractivity contribution in [3.8, 4) is 0 Å². The standard InChI is InChI=1S/C13H13Cl2N5O/c14-9-2-1-4-16-12(9)20-5-3-8(7-20)18-10-6-17-19-13(21)11(10)15/h1-2,4,6,8H,3,5,7H2,(H2,18,19,21)/t8-/m1/s1. The molecule has 0 aromatic carbocycles. The Hall–Kier alpha value is -1.79. The maximum absolute atomic E-state index is 11.4. The van der Waals surface area contributed by atoms with Crippen LogP contribution in [0.1, 0.15) is 6.42 Å². The number of aromatic amines is 1. The average Bonchev–Trinajstić information content (AvgIpc) is 2.93. The number of anilines is 2. The predicted octanol–water partition coefficient (Wildman–Crippen LogP) is 2.16. The fourth-order valence-corrected chi connectivity index (χ4v) is 2.77. The summed E-state index contributed by atoms with van der Waals surface area (Å²) in [6.45, 7) is 1.57. The number of rotatable bonds is 3. The minimum Gasteiger partial charge on any atom is -0.378 e. The highest BCUT2D eigenvalue weighted by molar-refractivity contribution is 6.33. The highest BCUT2D eigenvalue weighted by Crippen LogP contribution is 2.27. The van der Waals surface area contributed by atoms with Crippen molar-refractivity contribution in [2.45, 2.75) is 12.5 Å². The third-order valence-corrected chi connectivity index (χ3v) is 4.05. The van der Waals surface area contributed by atoms with Crippen molar-refractivity contribution in [1.82, 2.24) is 15.2 Å². The molecule has 0 aliphatic carbocycles. The van der Waals surface area contributed by atoms with Crippen LogP contribution >= 0.6 is 23.2 Å². The van der Waals surface area contributed by atoms with E-state index < -0.39 is 5.56 Å². The summed E-state index contributed by atoms with van der Waals surface area (Å²) in [6, 6.07) is 3.78. The second kappa shape index (κ2) is 5.91. The van der Waals surface area contributed by atoms with Gasteiger partial charge in [-0.15, -0.1) is 0 Å². The van der Waals surface area contributed by atoms with E-state index in [2.05, 4.69) is 25.4 Å². The molecule has 3 heterocycles. The lowest BCUT2D eigenvalue weighted by molar-refractivity contribution is 0.802. The summed E-state index contributed by atoms with van der Waals surface area (Å²) in [4.78, 5) is 17.8. The van der Waals surface area contributed by atoms with Crippen molar-refractivity contribution >= 4 is 34.7 Å². The fraction of sp³-hybridized carbons (Fsp3) is 0.308. The van der Waals surface area contributed by atoms with Gasteiger partial charge in [-0.3, -0.25) is 4.79 Å². The van der Waals surface area contributed by atoms with Crippen molar-refractivity contribution < 1.29 is 0 Å². The van der Waals surface area contributed by atoms with Gasteiger partial charge in [-0.05, 0) is 18.6 Å². The van der Waals surface area contributed by atoms with E-state index in [1.807, 2.05) is 6.07 Å². The van der Waals surface area contributed by atoms with Gasteiger partial charge in [-0.2, -0.15) is 5.10 Å². The number of H-pyrrole nitrogens is 1. The highest BCUT2D eigenvalue weighted by atomic mass is 35.5. The van der Waals surface area contributed by atoms with Gasteiger partial charge in [0.15, 0.2) is 0 Å². The molecule has 3 rings (SSSR count). The van der Waals surface area contributed by atoms with E-state index in [-0.39, 0.29) is 11.1 Å². The predicted molar refractivity (Wildman–Crippen MR) is 83.4 cm³/mol. The quantitative estimate of drug-likeness (QED) is 0.904. The zero-order chi connectivity index (χ0) is 14.8. The van der Waals surface area contributed by atoms with Crippen molar-refractivity contribution in [3.05, 3.63) is 44.9 Å². The van der Waals surface area contributed by atoms with Crippen LogP contribution in [0.3, 0.4) is 0 Å².